The minimum Gasteiger partial charge on any atom is -0.195 e. The Balaban J connectivity index is 2.35. The summed E-state index contributed by atoms with van der Waals surface area (Å²) in [4.78, 5) is 0. The van der Waals surface area contributed by atoms with Crippen molar-refractivity contribution in [2.45, 2.75) is 19.0 Å². The number of hydrogen-bond acceptors (Lipinski definition) is 2. The van der Waals surface area contributed by atoms with Gasteiger partial charge in [0.15, 0.2) is 0 Å². The molecular formula is C6H8F4O2S. The van der Waals surface area contributed by atoms with E-state index in [4.69, 9.17) is 0 Å². The molecule has 78 valence electrons. The fourth-order valence-corrected chi connectivity index (χ4v) is 2.26. The Morgan fingerprint density at radius 1 is 1.23 bits per heavy atom. The predicted molar refractivity (Wildman–Crippen MR) is 37.2 cm³/mol. The van der Waals surface area contributed by atoms with Crippen LogP contribution in [0.5, 0.6) is 0 Å². The Bertz CT molecular complexity index is 275. The zero-order valence-corrected chi connectivity index (χ0v) is 7.33. The van der Waals surface area contributed by atoms with E-state index in [1.54, 1.807) is 0 Å². The molecule has 0 unspecified atom stereocenters. The van der Waals surface area contributed by atoms with E-state index in [0.717, 1.165) is 0 Å². The summed E-state index contributed by atoms with van der Waals surface area (Å²) in [7, 11) is -4.62. The van der Waals surface area contributed by atoms with Crippen LogP contribution in [0.15, 0.2) is 0 Å². The van der Waals surface area contributed by atoms with Crippen LogP contribution in [0.4, 0.5) is 17.1 Å². The fraction of sp³-hybridized carbons (Fsp3) is 1.00. The highest BCUT2D eigenvalue weighted by atomic mass is 32.3. The third kappa shape index (κ3) is 3.13. The number of halogens is 4. The first-order chi connectivity index (χ1) is 5.68. The molecule has 0 N–H and O–H groups in total. The Labute approximate surface area is 73.1 Å². The van der Waals surface area contributed by atoms with Gasteiger partial charge >= 0.3 is 16.4 Å². The van der Waals surface area contributed by atoms with E-state index < -0.39 is 34.0 Å². The predicted octanol–water partition coefficient (Wildman–Crippen LogP) is 1.87. The average Bonchev–Trinajstić information content (AvgIpc) is 1.71. The molecule has 0 aromatic rings. The molecule has 0 heterocycles. The molecule has 13 heavy (non-hydrogen) atoms. The van der Waals surface area contributed by atoms with Gasteiger partial charge < -0.3 is 0 Å². The summed E-state index contributed by atoms with van der Waals surface area (Å²) < 4.78 is 67.7. The molecule has 0 aromatic heterocycles. The molecule has 0 atom stereocenters. The van der Waals surface area contributed by atoms with Gasteiger partial charge in [-0.25, -0.2) is 0 Å². The molecule has 0 aliphatic heterocycles. The Kier molecular flexibility index (Phi) is 2.57. The van der Waals surface area contributed by atoms with Gasteiger partial charge in [-0.15, -0.1) is 3.89 Å². The second kappa shape index (κ2) is 3.11. The summed E-state index contributed by atoms with van der Waals surface area (Å²) in [5, 5.41) is 0. The van der Waals surface area contributed by atoms with E-state index >= 15 is 0 Å². The third-order valence-electron chi connectivity index (χ3n) is 2.13. The molecule has 0 spiro atoms. The highest BCUT2D eigenvalue weighted by Gasteiger charge is 2.48. The molecule has 1 saturated carbocycles. The SMILES string of the molecule is O=S(=O)(F)CC1CC(C(F)(F)F)C1. The minimum absolute atomic E-state index is 0.271. The first-order valence-corrected chi connectivity index (χ1v) is 5.23. The second-order valence-electron chi connectivity index (χ2n) is 3.28. The van der Waals surface area contributed by atoms with Crippen molar-refractivity contribution in [1.82, 2.24) is 0 Å². The lowest BCUT2D eigenvalue weighted by Gasteiger charge is -2.35. The van der Waals surface area contributed by atoms with Gasteiger partial charge in [-0.1, -0.05) is 0 Å². The largest absolute Gasteiger partial charge is 0.391 e. The van der Waals surface area contributed by atoms with Crippen LogP contribution >= 0.6 is 0 Å². The second-order valence-corrected chi connectivity index (χ2v) is 4.69. The van der Waals surface area contributed by atoms with Crippen molar-refractivity contribution in [3.8, 4) is 0 Å². The van der Waals surface area contributed by atoms with Crippen LogP contribution in [0.1, 0.15) is 12.8 Å². The molecule has 1 aliphatic carbocycles. The quantitative estimate of drug-likeness (QED) is 0.526. The molecular weight excluding hydrogens is 212 g/mol. The lowest BCUT2D eigenvalue weighted by Crippen LogP contribution is -2.38. The van der Waals surface area contributed by atoms with Crippen molar-refractivity contribution < 1.29 is 25.5 Å². The number of alkyl halides is 3. The monoisotopic (exact) mass is 220 g/mol. The van der Waals surface area contributed by atoms with Crippen molar-refractivity contribution in [3.63, 3.8) is 0 Å². The summed E-state index contributed by atoms with van der Waals surface area (Å²) in [6, 6.07) is 0. The maximum atomic E-state index is 12.0. The molecule has 0 aromatic carbocycles. The van der Waals surface area contributed by atoms with Crippen LogP contribution in [-0.2, 0) is 10.2 Å². The maximum absolute atomic E-state index is 12.0. The van der Waals surface area contributed by atoms with Crippen molar-refractivity contribution in [1.29, 1.82) is 0 Å². The van der Waals surface area contributed by atoms with Crippen LogP contribution in [0.25, 0.3) is 0 Å². The van der Waals surface area contributed by atoms with Crippen LogP contribution in [0.2, 0.25) is 0 Å². The normalized spacial score (nSPS) is 29.8. The van der Waals surface area contributed by atoms with Gasteiger partial charge in [-0.05, 0) is 18.8 Å². The molecule has 0 bridgehead atoms. The molecule has 1 aliphatic rings. The minimum atomic E-state index is -4.62. The van der Waals surface area contributed by atoms with E-state index in [0.29, 0.717) is 0 Å². The van der Waals surface area contributed by atoms with Gasteiger partial charge in [0.2, 0.25) is 0 Å². The van der Waals surface area contributed by atoms with Crippen molar-refractivity contribution in [2.75, 3.05) is 5.75 Å². The molecule has 0 amide bonds. The standard InChI is InChI=1S/C6H8F4O2S/c7-6(8,9)5-1-4(2-5)3-13(10,11)12/h4-5H,1-3H2. The van der Waals surface area contributed by atoms with Crippen LogP contribution in [0, 0.1) is 11.8 Å². The van der Waals surface area contributed by atoms with Gasteiger partial charge in [-0.2, -0.15) is 21.6 Å². The Morgan fingerprint density at radius 2 is 1.69 bits per heavy atom. The van der Waals surface area contributed by atoms with E-state index in [2.05, 4.69) is 0 Å². The summed E-state index contributed by atoms with van der Waals surface area (Å²) in [5.41, 5.74) is 0. The maximum Gasteiger partial charge on any atom is 0.391 e. The highest BCUT2D eigenvalue weighted by Crippen LogP contribution is 2.45. The zero-order valence-electron chi connectivity index (χ0n) is 6.51. The number of hydrogen-bond donors (Lipinski definition) is 0. The van der Waals surface area contributed by atoms with Gasteiger partial charge in [0.25, 0.3) is 0 Å². The van der Waals surface area contributed by atoms with Crippen LogP contribution in [-0.4, -0.2) is 20.3 Å². The van der Waals surface area contributed by atoms with Gasteiger partial charge in [0.1, 0.15) is 0 Å². The molecule has 1 fully saturated rings. The third-order valence-corrected chi connectivity index (χ3v) is 3.00. The average molecular weight is 220 g/mol. The highest BCUT2D eigenvalue weighted by molar-refractivity contribution is 7.86. The van der Waals surface area contributed by atoms with E-state index in [-0.39, 0.29) is 12.8 Å². The first kappa shape index (κ1) is 10.7. The molecule has 2 nitrogen and oxygen atoms in total. The summed E-state index contributed by atoms with van der Waals surface area (Å²) in [6.45, 7) is 0. The number of rotatable bonds is 2. The molecule has 1 rings (SSSR count). The molecule has 0 radical (unpaired) electrons. The van der Waals surface area contributed by atoms with E-state index in [9.17, 15) is 25.5 Å². The van der Waals surface area contributed by atoms with Crippen LogP contribution in [0.3, 0.4) is 0 Å². The smallest absolute Gasteiger partial charge is 0.195 e. The van der Waals surface area contributed by atoms with E-state index in [1.807, 2.05) is 0 Å². The van der Waals surface area contributed by atoms with E-state index in [1.165, 1.54) is 0 Å². The first-order valence-electron chi connectivity index (χ1n) is 3.67. The Morgan fingerprint density at radius 3 is 2.00 bits per heavy atom. The molecule has 7 heteroatoms. The summed E-state index contributed by atoms with van der Waals surface area (Å²) in [5.74, 6) is -2.89. The van der Waals surface area contributed by atoms with Crippen molar-refractivity contribution >= 4 is 10.2 Å². The fourth-order valence-electron chi connectivity index (χ4n) is 1.42. The van der Waals surface area contributed by atoms with Gasteiger partial charge in [0.05, 0.1) is 11.7 Å². The van der Waals surface area contributed by atoms with Crippen molar-refractivity contribution in [2.24, 2.45) is 11.8 Å². The lowest BCUT2D eigenvalue weighted by molar-refractivity contribution is -0.202. The topological polar surface area (TPSA) is 34.1 Å². The van der Waals surface area contributed by atoms with Crippen molar-refractivity contribution in [3.05, 3.63) is 0 Å². The van der Waals surface area contributed by atoms with Gasteiger partial charge in [0, 0.05) is 0 Å². The summed E-state index contributed by atoms with van der Waals surface area (Å²) >= 11 is 0. The summed E-state index contributed by atoms with van der Waals surface area (Å²) in [6.07, 6.45) is -4.81. The molecule has 0 saturated heterocycles. The lowest BCUT2D eigenvalue weighted by atomic mass is 9.76. The zero-order chi connectivity index (χ0) is 10.3. The van der Waals surface area contributed by atoms with Gasteiger partial charge in [-0.3, -0.25) is 0 Å². The Hall–Kier alpha value is -0.330. The van der Waals surface area contributed by atoms with Crippen LogP contribution < -0.4 is 0 Å².